The smallest absolute Gasteiger partial charge is 0.111 e. The fourth-order valence-electron chi connectivity index (χ4n) is 1.12. The van der Waals surface area contributed by atoms with Crippen LogP contribution in [0.5, 0.6) is 0 Å². The first-order valence-corrected chi connectivity index (χ1v) is 2.97. The van der Waals surface area contributed by atoms with E-state index in [2.05, 4.69) is 22.9 Å². The van der Waals surface area contributed by atoms with E-state index in [0.717, 1.165) is 17.9 Å². The molecule has 0 aliphatic carbocycles. The van der Waals surface area contributed by atoms with Gasteiger partial charge in [0.25, 0.3) is 0 Å². The van der Waals surface area contributed by atoms with Crippen molar-refractivity contribution in [3.8, 4) is 0 Å². The fourth-order valence-corrected chi connectivity index (χ4v) is 1.12. The van der Waals surface area contributed by atoms with E-state index in [1.807, 2.05) is 6.20 Å². The second-order valence-electron chi connectivity index (χ2n) is 2.28. The normalized spacial score (nSPS) is 15.3. The lowest BCUT2D eigenvalue weighted by molar-refractivity contribution is 1.26. The maximum absolute atomic E-state index is 3.81. The minimum atomic E-state index is 0.971. The number of allylic oxidation sites excluding steroid dienone is 1. The Kier molecular flexibility index (Phi) is 0.730. The average molecular weight is 120 g/mol. The lowest BCUT2D eigenvalue weighted by atomic mass is 10.2. The van der Waals surface area contributed by atoms with Gasteiger partial charge in [-0.05, 0) is 6.07 Å². The molecule has 1 aromatic heterocycles. The number of hydrogen-bond donors (Lipinski definition) is 2. The van der Waals surface area contributed by atoms with Gasteiger partial charge in [-0.15, -0.1) is 0 Å². The van der Waals surface area contributed by atoms with Crippen LogP contribution in [-0.2, 0) is 6.42 Å². The summed E-state index contributed by atoms with van der Waals surface area (Å²) in [5, 5.41) is 3.13. The number of anilines is 1. The van der Waals surface area contributed by atoms with Crippen molar-refractivity contribution in [1.82, 2.24) is 4.98 Å². The van der Waals surface area contributed by atoms with Crippen molar-refractivity contribution in [2.45, 2.75) is 6.42 Å². The van der Waals surface area contributed by atoms with Crippen LogP contribution in [0.25, 0.3) is 0 Å². The Morgan fingerprint density at radius 1 is 1.56 bits per heavy atom. The zero-order valence-electron chi connectivity index (χ0n) is 5.07. The molecule has 2 heterocycles. The number of hydrogen-bond acceptors (Lipinski definition) is 1. The molecule has 46 valence electrons. The van der Waals surface area contributed by atoms with Crippen LogP contribution in [0.3, 0.4) is 0 Å². The molecule has 0 saturated heterocycles. The summed E-state index contributed by atoms with van der Waals surface area (Å²) in [7, 11) is 0. The molecule has 0 saturated carbocycles. The SMILES string of the molecule is C=C1Cc2cc[nH]c2N1. The molecule has 1 aromatic rings. The highest BCUT2D eigenvalue weighted by Crippen LogP contribution is 2.24. The van der Waals surface area contributed by atoms with Crippen LogP contribution >= 0.6 is 0 Å². The van der Waals surface area contributed by atoms with Gasteiger partial charge in [-0.3, -0.25) is 0 Å². The summed E-state index contributed by atoms with van der Waals surface area (Å²) in [6.07, 6.45) is 2.91. The highest BCUT2D eigenvalue weighted by Gasteiger charge is 2.12. The molecule has 0 fully saturated rings. The van der Waals surface area contributed by atoms with Gasteiger partial charge in [0, 0.05) is 23.9 Å². The summed E-state index contributed by atoms with van der Waals surface area (Å²) in [5.74, 6) is 1.11. The average Bonchev–Trinajstić information content (AvgIpc) is 2.22. The summed E-state index contributed by atoms with van der Waals surface area (Å²) >= 11 is 0. The van der Waals surface area contributed by atoms with Crippen LogP contribution < -0.4 is 5.32 Å². The molecule has 2 rings (SSSR count). The van der Waals surface area contributed by atoms with E-state index >= 15 is 0 Å². The van der Waals surface area contributed by atoms with Gasteiger partial charge in [-0.1, -0.05) is 6.58 Å². The minimum absolute atomic E-state index is 0.971. The van der Waals surface area contributed by atoms with Crippen molar-refractivity contribution >= 4 is 5.82 Å². The zero-order chi connectivity index (χ0) is 6.27. The van der Waals surface area contributed by atoms with Crippen molar-refractivity contribution in [3.63, 3.8) is 0 Å². The number of H-pyrrole nitrogens is 1. The van der Waals surface area contributed by atoms with Crippen molar-refractivity contribution in [2.75, 3.05) is 5.32 Å². The molecular formula is C7H8N2. The predicted octanol–water partition coefficient (Wildman–Crippen LogP) is 1.50. The third-order valence-electron chi connectivity index (χ3n) is 1.54. The second-order valence-corrected chi connectivity index (χ2v) is 2.28. The third kappa shape index (κ3) is 0.560. The Labute approximate surface area is 53.6 Å². The van der Waals surface area contributed by atoms with Crippen LogP contribution in [0.2, 0.25) is 0 Å². The summed E-state index contributed by atoms with van der Waals surface area (Å²) < 4.78 is 0. The minimum Gasteiger partial charge on any atom is -0.348 e. The molecule has 1 aliphatic rings. The van der Waals surface area contributed by atoms with E-state index in [1.54, 1.807) is 0 Å². The first-order valence-electron chi connectivity index (χ1n) is 2.97. The van der Waals surface area contributed by atoms with E-state index in [1.165, 1.54) is 5.56 Å². The van der Waals surface area contributed by atoms with Crippen LogP contribution in [0.4, 0.5) is 5.82 Å². The Balaban J connectivity index is 2.49. The first kappa shape index (κ1) is 4.68. The molecule has 2 heteroatoms. The lowest BCUT2D eigenvalue weighted by Gasteiger charge is -1.92. The highest BCUT2D eigenvalue weighted by atomic mass is 15.0. The van der Waals surface area contributed by atoms with Gasteiger partial charge in [0.05, 0.1) is 0 Å². The Morgan fingerprint density at radius 2 is 2.44 bits per heavy atom. The lowest BCUT2D eigenvalue weighted by Crippen LogP contribution is -1.88. The van der Waals surface area contributed by atoms with Gasteiger partial charge >= 0.3 is 0 Å². The largest absolute Gasteiger partial charge is 0.348 e. The topological polar surface area (TPSA) is 27.8 Å². The molecule has 0 atom stereocenters. The van der Waals surface area contributed by atoms with Crippen molar-refractivity contribution < 1.29 is 0 Å². The number of aromatic amines is 1. The van der Waals surface area contributed by atoms with Crippen LogP contribution in [0.15, 0.2) is 24.5 Å². The molecular weight excluding hydrogens is 112 g/mol. The van der Waals surface area contributed by atoms with E-state index < -0.39 is 0 Å². The Hall–Kier alpha value is -1.18. The molecule has 0 bridgehead atoms. The summed E-state index contributed by atoms with van der Waals surface area (Å²) in [4.78, 5) is 3.08. The van der Waals surface area contributed by atoms with Crippen molar-refractivity contribution in [2.24, 2.45) is 0 Å². The van der Waals surface area contributed by atoms with Gasteiger partial charge in [0.15, 0.2) is 0 Å². The molecule has 0 radical (unpaired) electrons. The molecule has 0 amide bonds. The van der Waals surface area contributed by atoms with Crippen LogP contribution in [-0.4, -0.2) is 4.98 Å². The first-order chi connectivity index (χ1) is 4.36. The molecule has 2 N–H and O–H groups in total. The molecule has 1 aliphatic heterocycles. The number of rotatable bonds is 0. The number of aromatic nitrogens is 1. The molecule has 0 unspecified atom stereocenters. The van der Waals surface area contributed by atoms with Crippen molar-refractivity contribution in [1.29, 1.82) is 0 Å². The number of fused-ring (bicyclic) bond motifs is 1. The van der Waals surface area contributed by atoms with Gasteiger partial charge in [0.2, 0.25) is 0 Å². The maximum atomic E-state index is 3.81. The van der Waals surface area contributed by atoms with E-state index in [-0.39, 0.29) is 0 Å². The summed E-state index contributed by atoms with van der Waals surface area (Å²) in [5.41, 5.74) is 2.40. The highest BCUT2D eigenvalue weighted by molar-refractivity contribution is 5.56. The van der Waals surface area contributed by atoms with Crippen molar-refractivity contribution in [3.05, 3.63) is 30.1 Å². The second kappa shape index (κ2) is 1.41. The Bertz CT molecular complexity index is 225. The third-order valence-corrected chi connectivity index (χ3v) is 1.54. The summed E-state index contributed by atoms with van der Waals surface area (Å²) in [6.45, 7) is 3.81. The van der Waals surface area contributed by atoms with Gasteiger partial charge in [0.1, 0.15) is 5.82 Å². The van der Waals surface area contributed by atoms with Crippen LogP contribution in [0, 0.1) is 0 Å². The molecule has 0 spiro atoms. The molecule has 2 nitrogen and oxygen atoms in total. The zero-order valence-corrected chi connectivity index (χ0v) is 5.07. The van der Waals surface area contributed by atoms with E-state index in [9.17, 15) is 0 Å². The predicted molar refractivity (Wildman–Crippen MR) is 37.3 cm³/mol. The van der Waals surface area contributed by atoms with Crippen LogP contribution in [0.1, 0.15) is 5.56 Å². The van der Waals surface area contributed by atoms with Gasteiger partial charge < -0.3 is 10.3 Å². The summed E-state index contributed by atoms with van der Waals surface area (Å²) in [6, 6.07) is 2.07. The maximum Gasteiger partial charge on any atom is 0.111 e. The van der Waals surface area contributed by atoms with E-state index in [0.29, 0.717) is 0 Å². The molecule has 0 aromatic carbocycles. The monoisotopic (exact) mass is 120 g/mol. The van der Waals surface area contributed by atoms with E-state index in [4.69, 9.17) is 0 Å². The Morgan fingerprint density at radius 3 is 3.22 bits per heavy atom. The quantitative estimate of drug-likeness (QED) is 0.533. The standard InChI is InChI=1S/C7H8N2/c1-5-4-6-2-3-8-7(6)9-5/h2-3,8-9H,1,4H2. The number of nitrogens with one attached hydrogen (secondary N) is 2. The van der Waals surface area contributed by atoms with Gasteiger partial charge in [-0.25, -0.2) is 0 Å². The fraction of sp³-hybridized carbons (Fsp3) is 0.143. The van der Waals surface area contributed by atoms with Gasteiger partial charge in [-0.2, -0.15) is 0 Å². The molecule has 9 heavy (non-hydrogen) atoms.